The summed E-state index contributed by atoms with van der Waals surface area (Å²) in [5.41, 5.74) is 0. The van der Waals surface area contributed by atoms with Gasteiger partial charge in [-0.3, -0.25) is 0 Å². The highest BCUT2D eigenvalue weighted by molar-refractivity contribution is 6.22. The third-order valence-corrected chi connectivity index (χ3v) is 1.11. The minimum atomic E-state index is -5.08. The lowest BCUT2D eigenvalue weighted by Crippen LogP contribution is -2.33. The van der Waals surface area contributed by atoms with Crippen LogP contribution >= 0.6 is 11.6 Å². The maximum absolute atomic E-state index is 12.0. The highest BCUT2D eigenvalue weighted by Gasteiger charge is 2.53. The van der Waals surface area contributed by atoms with Crippen LogP contribution in [0.2, 0.25) is 0 Å². The van der Waals surface area contributed by atoms with Crippen molar-refractivity contribution < 1.29 is 30.7 Å². The molecule has 0 nitrogen and oxygen atoms in total. The minimum Gasteiger partial charge on any atom is -0.193 e. The van der Waals surface area contributed by atoms with Crippen molar-refractivity contribution >= 4 is 11.6 Å². The largest absolute Gasteiger partial charge is 0.409 e. The molecule has 0 fully saturated rings. The molecule has 0 rings (SSSR count). The first kappa shape index (κ1) is 12.5. The van der Waals surface area contributed by atoms with Gasteiger partial charge in [-0.15, -0.1) is 0 Å². The molecular formula is C5H2ClF7. The Balaban J connectivity index is 4.62. The smallest absolute Gasteiger partial charge is 0.193 e. The fourth-order valence-electron chi connectivity index (χ4n) is 0.294. The minimum absolute atomic E-state index is 0.986. The van der Waals surface area contributed by atoms with E-state index < -0.39 is 29.6 Å². The molecule has 0 radical (unpaired) electrons. The fourth-order valence-corrected chi connectivity index (χ4v) is 0.357. The first-order valence-electron chi connectivity index (χ1n) is 2.67. The molecule has 8 heteroatoms. The van der Waals surface area contributed by atoms with E-state index in [0.29, 0.717) is 0 Å². The quantitative estimate of drug-likeness (QED) is 0.386. The normalized spacial score (nSPS) is 15.4. The third-order valence-electron chi connectivity index (χ3n) is 0.860. The molecule has 0 heterocycles. The lowest BCUT2D eigenvalue weighted by atomic mass is 10.3. The Morgan fingerprint density at radius 2 is 1.15 bits per heavy atom. The predicted molar refractivity (Wildman–Crippen MR) is 30.9 cm³/mol. The van der Waals surface area contributed by atoms with Gasteiger partial charge in [0.2, 0.25) is 0 Å². The summed E-state index contributed by atoms with van der Waals surface area (Å²) in [6, 6.07) is 0. The molecule has 0 aromatic heterocycles. The Kier molecular flexibility index (Phi) is 3.24. The van der Waals surface area contributed by atoms with Crippen LogP contribution < -0.4 is 0 Å². The molecule has 0 saturated heterocycles. The molecule has 0 aliphatic heterocycles. The van der Waals surface area contributed by atoms with Crippen LogP contribution in [0.15, 0.2) is 12.2 Å². The Labute approximate surface area is 73.0 Å². The van der Waals surface area contributed by atoms with Gasteiger partial charge in [0.05, 0.1) is 0 Å². The summed E-state index contributed by atoms with van der Waals surface area (Å²) < 4.78 is 81.1. The average molecular weight is 231 g/mol. The zero-order valence-corrected chi connectivity index (χ0v) is 6.43. The molecule has 0 aliphatic carbocycles. The highest BCUT2D eigenvalue weighted by atomic mass is 35.5. The predicted octanol–water partition coefficient (Wildman–Crippen LogP) is 3.57. The first-order chi connectivity index (χ1) is 5.46. The summed E-state index contributed by atoms with van der Waals surface area (Å²) in [4.78, 5) is 0. The van der Waals surface area contributed by atoms with Gasteiger partial charge in [0.25, 0.3) is 0 Å². The Morgan fingerprint density at radius 1 is 0.769 bits per heavy atom. The average Bonchev–Trinajstić information content (AvgIpc) is 1.79. The van der Waals surface area contributed by atoms with Crippen molar-refractivity contribution in [2.24, 2.45) is 0 Å². The third kappa shape index (κ3) is 4.35. The zero-order chi connectivity index (χ0) is 10.9. The summed E-state index contributed by atoms with van der Waals surface area (Å²) >= 11 is 3.85. The lowest BCUT2D eigenvalue weighted by Gasteiger charge is -2.16. The van der Waals surface area contributed by atoms with Crippen LogP contribution in [0.3, 0.4) is 0 Å². The topological polar surface area (TPSA) is 0 Å². The molecule has 0 saturated carbocycles. The van der Waals surface area contributed by atoms with Crippen LogP contribution in [-0.2, 0) is 0 Å². The Morgan fingerprint density at radius 3 is 1.38 bits per heavy atom. The molecule has 0 amide bonds. The number of halogens is 8. The molecule has 0 aromatic carbocycles. The van der Waals surface area contributed by atoms with Crippen LogP contribution in [-0.4, -0.2) is 17.5 Å². The van der Waals surface area contributed by atoms with E-state index in [0.717, 1.165) is 0 Å². The monoisotopic (exact) mass is 230 g/mol. The first-order valence-corrected chi connectivity index (χ1v) is 3.05. The van der Waals surface area contributed by atoms with E-state index in [1.165, 1.54) is 0 Å². The lowest BCUT2D eigenvalue weighted by molar-refractivity contribution is -0.126. The van der Waals surface area contributed by atoms with Crippen LogP contribution in [0.25, 0.3) is 0 Å². The molecule has 0 atom stereocenters. The van der Waals surface area contributed by atoms with Gasteiger partial charge in [0.15, 0.2) is 0 Å². The summed E-state index contributed by atoms with van der Waals surface area (Å²) in [6.07, 6.45) is -7.06. The number of rotatable bonds is 2. The molecule has 0 aromatic rings. The maximum Gasteiger partial charge on any atom is 0.409 e. The SMILES string of the molecule is FC(F)(F)C=CC(F)(F)C(F)(F)Cl. The summed E-state index contributed by atoms with van der Waals surface area (Å²) in [6.45, 7) is 0. The van der Waals surface area contributed by atoms with E-state index in [-0.39, 0.29) is 0 Å². The zero-order valence-electron chi connectivity index (χ0n) is 5.68. The number of alkyl halides is 8. The van der Waals surface area contributed by atoms with Crippen LogP contribution in [0, 0.1) is 0 Å². The Hall–Kier alpha value is -0.460. The van der Waals surface area contributed by atoms with Gasteiger partial charge in [0.1, 0.15) is 0 Å². The van der Waals surface area contributed by atoms with Gasteiger partial charge in [0, 0.05) is 6.08 Å². The number of hydrogen-bond acceptors (Lipinski definition) is 0. The van der Waals surface area contributed by atoms with E-state index in [4.69, 9.17) is 0 Å². The molecule has 0 bridgehead atoms. The molecule has 0 N–H and O–H groups in total. The van der Waals surface area contributed by atoms with E-state index in [1.807, 2.05) is 0 Å². The second-order valence-electron chi connectivity index (χ2n) is 2.00. The van der Waals surface area contributed by atoms with Crippen molar-refractivity contribution in [3.05, 3.63) is 12.2 Å². The number of hydrogen-bond donors (Lipinski definition) is 0. The standard InChI is InChI=1S/C5H2ClF7/c6-5(12,13)3(7,8)1-2-4(9,10)11/h1-2H. The fraction of sp³-hybridized carbons (Fsp3) is 0.600. The van der Waals surface area contributed by atoms with Crippen LogP contribution in [0.4, 0.5) is 30.7 Å². The van der Waals surface area contributed by atoms with Gasteiger partial charge in [-0.25, -0.2) is 0 Å². The van der Waals surface area contributed by atoms with Gasteiger partial charge in [-0.05, 0) is 17.7 Å². The molecule has 0 spiro atoms. The molecule has 13 heavy (non-hydrogen) atoms. The van der Waals surface area contributed by atoms with Crippen molar-refractivity contribution in [3.8, 4) is 0 Å². The summed E-state index contributed by atoms with van der Waals surface area (Å²) in [5, 5.41) is -5.03. The van der Waals surface area contributed by atoms with Crippen molar-refractivity contribution in [1.29, 1.82) is 0 Å². The van der Waals surface area contributed by atoms with Crippen molar-refractivity contribution in [3.63, 3.8) is 0 Å². The van der Waals surface area contributed by atoms with Crippen LogP contribution in [0.5, 0.6) is 0 Å². The van der Waals surface area contributed by atoms with Crippen molar-refractivity contribution in [2.45, 2.75) is 17.5 Å². The van der Waals surface area contributed by atoms with Crippen molar-refractivity contribution in [1.82, 2.24) is 0 Å². The second-order valence-corrected chi connectivity index (χ2v) is 2.47. The van der Waals surface area contributed by atoms with Crippen molar-refractivity contribution in [2.75, 3.05) is 0 Å². The Bertz CT molecular complexity index is 198. The van der Waals surface area contributed by atoms with Gasteiger partial charge in [-0.1, -0.05) is 0 Å². The molecule has 78 valence electrons. The van der Waals surface area contributed by atoms with E-state index >= 15 is 0 Å². The van der Waals surface area contributed by atoms with E-state index in [2.05, 4.69) is 11.6 Å². The van der Waals surface area contributed by atoms with Gasteiger partial charge >= 0.3 is 17.5 Å². The molecule has 0 aliphatic rings. The van der Waals surface area contributed by atoms with Crippen LogP contribution in [0.1, 0.15) is 0 Å². The maximum atomic E-state index is 12.0. The van der Waals surface area contributed by atoms with Gasteiger partial charge in [-0.2, -0.15) is 30.7 Å². The van der Waals surface area contributed by atoms with Gasteiger partial charge < -0.3 is 0 Å². The van der Waals surface area contributed by atoms with E-state index in [9.17, 15) is 30.7 Å². The summed E-state index contributed by atoms with van der Waals surface area (Å²) in [5.74, 6) is -5.02. The number of allylic oxidation sites excluding steroid dienone is 2. The highest BCUT2D eigenvalue weighted by Crippen LogP contribution is 2.39. The summed E-state index contributed by atoms with van der Waals surface area (Å²) in [7, 11) is 0. The molecule has 0 unspecified atom stereocenters. The second kappa shape index (κ2) is 3.36. The molecular weight excluding hydrogens is 228 g/mol. The van der Waals surface area contributed by atoms with E-state index in [1.54, 1.807) is 0 Å².